The minimum absolute atomic E-state index is 0.311. The van der Waals surface area contributed by atoms with Crippen molar-refractivity contribution in [2.75, 3.05) is 20.1 Å². The Morgan fingerprint density at radius 2 is 1.89 bits per heavy atom. The first-order valence-electron chi connectivity index (χ1n) is 6.97. The van der Waals surface area contributed by atoms with Crippen molar-refractivity contribution < 1.29 is 0 Å². The van der Waals surface area contributed by atoms with E-state index in [1.807, 2.05) is 0 Å². The number of nitrogens with one attached hydrogen (secondary N) is 1. The zero-order valence-corrected chi connectivity index (χ0v) is 12.2. The molecule has 1 aliphatic heterocycles. The van der Waals surface area contributed by atoms with E-state index in [9.17, 15) is 0 Å². The number of hydrogen-bond acceptors (Lipinski definition) is 2. The van der Waals surface area contributed by atoms with Crippen LogP contribution in [0.3, 0.4) is 0 Å². The van der Waals surface area contributed by atoms with E-state index in [2.05, 4.69) is 62.3 Å². The molecule has 1 heterocycles. The summed E-state index contributed by atoms with van der Waals surface area (Å²) >= 11 is 0. The molecular weight excluding hydrogens is 220 g/mol. The summed E-state index contributed by atoms with van der Waals surface area (Å²) in [5.41, 5.74) is 3.35. The molecule has 100 valence electrons. The Kier molecular flexibility index (Phi) is 4.08. The van der Waals surface area contributed by atoms with Gasteiger partial charge in [-0.05, 0) is 30.0 Å². The SMILES string of the molecule is CNC(CN1CCc2ccccc2C1)C(C)(C)C. The average molecular weight is 246 g/mol. The van der Waals surface area contributed by atoms with Crippen LogP contribution in [-0.2, 0) is 13.0 Å². The average Bonchev–Trinajstić information content (AvgIpc) is 2.34. The predicted molar refractivity (Wildman–Crippen MR) is 77.7 cm³/mol. The Morgan fingerprint density at radius 1 is 1.22 bits per heavy atom. The third kappa shape index (κ3) is 3.12. The summed E-state index contributed by atoms with van der Waals surface area (Å²) in [5, 5.41) is 3.47. The zero-order valence-electron chi connectivity index (χ0n) is 12.2. The molecule has 0 aromatic heterocycles. The van der Waals surface area contributed by atoms with E-state index in [-0.39, 0.29) is 0 Å². The fourth-order valence-electron chi connectivity index (χ4n) is 2.77. The number of likely N-dealkylation sites (N-methyl/N-ethyl adjacent to an activating group) is 1. The van der Waals surface area contributed by atoms with Crippen molar-refractivity contribution >= 4 is 0 Å². The summed E-state index contributed by atoms with van der Waals surface area (Å²) in [6.07, 6.45) is 1.19. The smallest absolute Gasteiger partial charge is 0.0240 e. The molecule has 2 heteroatoms. The largest absolute Gasteiger partial charge is 0.315 e. The van der Waals surface area contributed by atoms with Gasteiger partial charge in [0.05, 0.1) is 0 Å². The van der Waals surface area contributed by atoms with Gasteiger partial charge in [-0.3, -0.25) is 4.90 Å². The van der Waals surface area contributed by atoms with Crippen LogP contribution in [-0.4, -0.2) is 31.1 Å². The molecule has 2 nitrogen and oxygen atoms in total. The van der Waals surface area contributed by atoms with Crippen molar-refractivity contribution in [1.29, 1.82) is 0 Å². The second-order valence-corrected chi connectivity index (χ2v) is 6.46. The molecule has 1 aromatic carbocycles. The molecule has 18 heavy (non-hydrogen) atoms. The van der Waals surface area contributed by atoms with E-state index >= 15 is 0 Å². The van der Waals surface area contributed by atoms with Gasteiger partial charge in [-0.1, -0.05) is 45.0 Å². The molecule has 2 rings (SSSR count). The highest BCUT2D eigenvalue weighted by molar-refractivity contribution is 5.29. The molecule has 0 saturated heterocycles. The minimum Gasteiger partial charge on any atom is -0.315 e. The topological polar surface area (TPSA) is 15.3 Å². The molecule has 0 saturated carbocycles. The van der Waals surface area contributed by atoms with Crippen molar-refractivity contribution in [2.24, 2.45) is 5.41 Å². The van der Waals surface area contributed by atoms with Crippen LogP contribution in [0.5, 0.6) is 0 Å². The predicted octanol–water partition coefficient (Wildman–Crippen LogP) is 2.68. The number of hydrogen-bond donors (Lipinski definition) is 1. The van der Waals surface area contributed by atoms with Crippen molar-refractivity contribution in [1.82, 2.24) is 10.2 Å². The van der Waals surface area contributed by atoms with Gasteiger partial charge >= 0.3 is 0 Å². The van der Waals surface area contributed by atoms with Crippen molar-refractivity contribution in [2.45, 2.75) is 39.8 Å². The standard InChI is InChI=1S/C16H26N2/c1-16(2,3)15(17-4)12-18-10-9-13-7-5-6-8-14(13)11-18/h5-8,15,17H,9-12H2,1-4H3. The van der Waals surface area contributed by atoms with Crippen LogP contribution in [0.4, 0.5) is 0 Å². The molecule has 0 amide bonds. The van der Waals surface area contributed by atoms with Gasteiger partial charge < -0.3 is 5.32 Å². The van der Waals surface area contributed by atoms with Gasteiger partial charge in [0.25, 0.3) is 0 Å². The second kappa shape index (κ2) is 5.41. The minimum atomic E-state index is 0.311. The van der Waals surface area contributed by atoms with Crippen LogP contribution in [0.25, 0.3) is 0 Å². The lowest BCUT2D eigenvalue weighted by Gasteiger charge is -2.37. The van der Waals surface area contributed by atoms with Crippen LogP contribution in [0, 0.1) is 5.41 Å². The molecular formula is C16H26N2. The number of nitrogens with zero attached hydrogens (tertiary/aromatic N) is 1. The maximum atomic E-state index is 3.47. The highest BCUT2D eigenvalue weighted by Gasteiger charge is 2.26. The molecule has 0 bridgehead atoms. The monoisotopic (exact) mass is 246 g/mol. The molecule has 1 unspecified atom stereocenters. The summed E-state index contributed by atoms with van der Waals surface area (Å²) in [5.74, 6) is 0. The Morgan fingerprint density at radius 3 is 2.50 bits per heavy atom. The van der Waals surface area contributed by atoms with Gasteiger partial charge in [0.15, 0.2) is 0 Å². The molecule has 0 radical (unpaired) electrons. The Labute approximate surface area is 111 Å². The normalized spacial score (nSPS) is 18.4. The Balaban J connectivity index is 2.01. The number of fused-ring (bicyclic) bond motifs is 1. The first-order valence-corrected chi connectivity index (χ1v) is 6.97. The van der Waals surface area contributed by atoms with Crippen LogP contribution in [0.1, 0.15) is 31.9 Å². The Bertz CT molecular complexity index is 392. The Hall–Kier alpha value is -0.860. The number of benzene rings is 1. The lowest BCUT2D eigenvalue weighted by Crippen LogP contribution is -2.48. The van der Waals surface area contributed by atoms with Crippen LogP contribution >= 0.6 is 0 Å². The molecule has 1 N–H and O–H groups in total. The summed E-state index contributed by atoms with van der Waals surface area (Å²) in [7, 11) is 2.08. The second-order valence-electron chi connectivity index (χ2n) is 6.46. The van der Waals surface area contributed by atoms with Crippen LogP contribution in [0.2, 0.25) is 0 Å². The third-order valence-corrected chi connectivity index (χ3v) is 4.04. The van der Waals surface area contributed by atoms with Gasteiger partial charge in [-0.15, -0.1) is 0 Å². The van der Waals surface area contributed by atoms with E-state index in [4.69, 9.17) is 0 Å². The zero-order chi connectivity index (χ0) is 13.2. The van der Waals surface area contributed by atoms with Gasteiger partial charge in [-0.25, -0.2) is 0 Å². The third-order valence-electron chi connectivity index (χ3n) is 4.04. The van der Waals surface area contributed by atoms with Gasteiger partial charge in [-0.2, -0.15) is 0 Å². The molecule has 0 aliphatic carbocycles. The quantitative estimate of drug-likeness (QED) is 0.882. The van der Waals surface area contributed by atoms with E-state index in [0.717, 1.165) is 13.1 Å². The summed E-state index contributed by atoms with van der Waals surface area (Å²) in [6, 6.07) is 9.39. The first-order chi connectivity index (χ1) is 8.50. The first kappa shape index (κ1) is 13.6. The van der Waals surface area contributed by atoms with Crippen molar-refractivity contribution in [3.63, 3.8) is 0 Å². The van der Waals surface area contributed by atoms with Gasteiger partial charge in [0, 0.05) is 25.7 Å². The van der Waals surface area contributed by atoms with Crippen LogP contribution < -0.4 is 5.32 Å². The highest BCUT2D eigenvalue weighted by Crippen LogP contribution is 2.23. The molecule has 1 aliphatic rings. The maximum absolute atomic E-state index is 3.47. The highest BCUT2D eigenvalue weighted by atomic mass is 15.2. The van der Waals surface area contributed by atoms with Crippen molar-refractivity contribution in [3.8, 4) is 0 Å². The summed E-state index contributed by atoms with van der Waals surface area (Å²) in [6.45, 7) is 10.4. The molecule has 1 atom stereocenters. The lowest BCUT2D eigenvalue weighted by atomic mass is 9.86. The molecule has 0 spiro atoms. The maximum Gasteiger partial charge on any atom is 0.0240 e. The number of rotatable bonds is 3. The lowest BCUT2D eigenvalue weighted by molar-refractivity contribution is 0.168. The fourth-order valence-corrected chi connectivity index (χ4v) is 2.77. The van der Waals surface area contributed by atoms with E-state index in [1.54, 1.807) is 0 Å². The van der Waals surface area contributed by atoms with E-state index < -0.39 is 0 Å². The summed E-state index contributed by atoms with van der Waals surface area (Å²) in [4.78, 5) is 2.58. The van der Waals surface area contributed by atoms with Gasteiger partial charge in [0.2, 0.25) is 0 Å². The summed E-state index contributed by atoms with van der Waals surface area (Å²) < 4.78 is 0. The van der Waals surface area contributed by atoms with Crippen molar-refractivity contribution in [3.05, 3.63) is 35.4 Å². The molecule has 0 fully saturated rings. The molecule has 1 aromatic rings. The van der Waals surface area contributed by atoms with Crippen LogP contribution in [0.15, 0.2) is 24.3 Å². The van der Waals surface area contributed by atoms with Gasteiger partial charge in [0.1, 0.15) is 0 Å². The van der Waals surface area contributed by atoms with E-state index in [0.29, 0.717) is 11.5 Å². The van der Waals surface area contributed by atoms with E-state index in [1.165, 1.54) is 24.1 Å². The fraction of sp³-hybridized carbons (Fsp3) is 0.625.